The second-order valence-electron chi connectivity index (χ2n) is 6.03. The van der Waals surface area contributed by atoms with E-state index in [-0.39, 0.29) is 16.9 Å². The van der Waals surface area contributed by atoms with E-state index in [1.807, 2.05) is 6.07 Å². The first kappa shape index (κ1) is 17.3. The maximum absolute atomic E-state index is 12.6. The zero-order valence-electron chi connectivity index (χ0n) is 14.5. The van der Waals surface area contributed by atoms with Crippen LogP contribution in [0.4, 0.5) is 5.69 Å². The fourth-order valence-corrected chi connectivity index (χ4v) is 2.92. The Balaban J connectivity index is 1.65. The smallest absolute Gasteiger partial charge is 0.336 e. The highest BCUT2D eigenvalue weighted by Crippen LogP contribution is 2.28. The molecule has 2 aromatic carbocycles. The predicted octanol–water partition coefficient (Wildman–Crippen LogP) is 3.11. The van der Waals surface area contributed by atoms with Crippen molar-refractivity contribution in [2.24, 2.45) is 0 Å². The van der Waals surface area contributed by atoms with E-state index in [0.29, 0.717) is 17.0 Å². The van der Waals surface area contributed by atoms with Gasteiger partial charge >= 0.3 is 5.97 Å². The lowest BCUT2D eigenvalue weighted by atomic mass is 10.1. The van der Waals surface area contributed by atoms with Gasteiger partial charge in [-0.3, -0.25) is 15.0 Å². The minimum atomic E-state index is -1.07. The molecule has 1 saturated heterocycles. The van der Waals surface area contributed by atoms with E-state index in [1.165, 1.54) is 12.1 Å². The summed E-state index contributed by atoms with van der Waals surface area (Å²) in [5, 5.41) is 10.5. The SMILES string of the molecule is O=C1NN(c2ccccc2)C(=O)/C1=C\c1ccc(-c2ccccc2C(=O)O)o1. The van der Waals surface area contributed by atoms with Crippen LogP contribution in [0, 0.1) is 0 Å². The number of anilines is 1. The molecule has 28 heavy (non-hydrogen) atoms. The topological polar surface area (TPSA) is 99.9 Å². The molecule has 4 rings (SSSR count). The van der Waals surface area contributed by atoms with Crippen LogP contribution in [0.25, 0.3) is 17.4 Å². The summed E-state index contributed by atoms with van der Waals surface area (Å²) in [5.74, 6) is -1.52. The van der Waals surface area contributed by atoms with Crippen molar-refractivity contribution >= 4 is 29.5 Å². The summed E-state index contributed by atoms with van der Waals surface area (Å²) in [5.41, 5.74) is 3.49. The van der Waals surface area contributed by atoms with Crippen LogP contribution in [0.5, 0.6) is 0 Å². The Bertz CT molecular complexity index is 1110. The molecular formula is C21H14N2O5. The van der Waals surface area contributed by atoms with Crippen molar-refractivity contribution < 1.29 is 23.9 Å². The Kier molecular flexibility index (Phi) is 4.25. The number of para-hydroxylation sites is 1. The average molecular weight is 374 g/mol. The van der Waals surface area contributed by atoms with Gasteiger partial charge in [-0.25, -0.2) is 9.80 Å². The summed E-state index contributed by atoms with van der Waals surface area (Å²) >= 11 is 0. The molecule has 2 N–H and O–H groups in total. The van der Waals surface area contributed by atoms with Crippen molar-refractivity contribution in [1.29, 1.82) is 0 Å². The number of hydrazine groups is 1. The Morgan fingerprint density at radius 1 is 0.964 bits per heavy atom. The number of benzene rings is 2. The molecule has 3 aromatic rings. The van der Waals surface area contributed by atoms with Gasteiger partial charge in [0.1, 0.15) is 17.1 Å². The largest absolute Gasteiger partial charge is 0.478 e. The van der Waals surface area contributed by atoms with E-state index in [2.05, 4.69) is 5.43 Å². The quantitative estimate of drug-likeness (QED) is 0.540. The number of nitrogens with zero attached hydrogens (tertiary/aromatic N) is 1. The Hall–Kier alpha value is -4.13. The van der Waals surface area contributed by atoms with Gasteiger partial charge in [0.2, 0.25) is 0 Å². The first-order chi connectivity index (χ1) is 13.5. The van der Waals surface area contributed by atoms with Crippen LogP contribution in [-0.2, 0) is 9.59 Å². The third-order valence-corrected chi connectivity index (χ3v) is 4.24. The highest BCUT2D eigenvalue weighted by Gasteiger charge is 2.34. The maximum atomic E-state index is 12.6. The zero-order chi connectivity index (χ0) is 19.7. The Labute approximate surface area is 159 Å². The van der Waals surface area contributed by atoms with Gasteiger partial charge in [0, 0.05) is 5.56 Å². The molecule has 0 unspecified atom stereocenters. The molecular weight excluding hydrogens is 360 g/mol. The number of amides is 2. The minimum Gasteiger partial charge on any atom is -0.478 e. The first-order valence-electron chi connectivity index (χ1n) is 8.39. The number of furan rings is 1. The molecule has 138 valence electrons. The highest BCUT2D eigenvalue weighted by atomic mass is 16.4. The summed E-state index contributed by atoms with van der Waals surface area (Å²) in [4.78, 5) is 36.2. The van der Waals surface area contributed by atoms with E-state index in [0.717, 1.165) is 5.01 Å². The number of carboxylic acids is 1. The average Bonchev–Trinajstić information content (AvgIpc) is 3.29. The molecule has 0 bridgehead atoms. The fourth-order valence-electron chi connectivity index (χ4n) is 2.92. The lowest BCUT2D eigenvalue weighted by Crippen LogP contribution is -2.35. The lowest BCUT2D eigenvalue weighted by Gasteiger charge is -2.13. The minimum absolute atomic E-state index is 0.0729. The molecule has 2 heterocycles. The third kappa shape index (κ3) is 3.05. The number of nitrogens with one attached hydrogen (secondary N) is 1. The number of carboxylic acid groups (broad SMARTS) is 1. The molecule has 7 heteroatoms. The van der Waals surface area contributed by atoms with Crippen LogP contribution >= 0.6 is 0 Å². The summed E-state index contributed by atoms with van der Waals surface area (Å²) in [6, 6.07) is 18.3. The molecule has 0 saturated carbocycles. The van der Waals surface area contributed by atoms with Crippen molar-refractivity contribution in [1.82, 2.24) is 5.43 Å². The van der Waals surface area contributed by atoms with E-state index in [4.69, 9.17) is 4.42 Å². The molecule has 1 aliphatic rings. The van der Waals surface area contributed by atoms with Gasteiger partial charge in [0.15, 0.2) is 0 Å². The second kappa shape index (κ2) is 6.88. The standard InChI is InChI=1S/C21H14N2O5/c24-19-17(20(25)23(22-19)13-6-2-1-3-7-13)12-14-10-11-18(28-14)15-8-4-5-9-16(15)21(26)27/h1-12H,(H,22,24)(H,26,27)/b17-12-. The van der Waals surface area contributed by atoms with Crippen molar-refractivity contribution in [3.8, 4) is 11.3 Å². The number of carbonyl (C=O) groups is 3. The van der Waals surface area contributed by atoms with Crippen LogP contribution < -0.4 is 10.4 Å². The Morgan fingerprint density at radius 2 is 1.68 bits per heavy atom. The maximum Gasteiger partial charge on any atom is 0.336 e. The molecule has 2 amide bonds. The molecule has 1 fully saturated rings. The number of hydrogen-bond donors (Lipinski definition) is 2. The summed E-state index contributed by atoms with van der Waals surface area (Å²) < 4.78 is 5.67. The molecule has 1 aliphatic heterocycles. The van der Waals surface area contributed by atoms with E-state index < -0.39 is 17.8 Å². The predicted molar refractivity (Wildman–Crippen MR) is 101 cm³/mol. The normalized spacial score (nSPS) is 15.1. The molecule has 0 atom stereocenters. The number of carbonyl (C=O) groups excluding carboxylic acids is 2. The molecule has 1 aromatic heterocycles. The van der Waals surface area contributed by atoms with Gasteiger partial charge in [0.25, 0.3) is 11.8 Å². The molecule has 0 radical (unpaired) electrons. The van der Waals surface area contributed by atoms with Gasteiger partial charge in [0.05, 0.1) is 11.3 Å². The van der Waals surface area contributed by atoms with Crippen molar-refractivity contribution in [3.63, 3.8) is 0 Å². The van der Waals surface area contributed by atoms with Crippen LogP contribution in [-0.4, -0.2) is 22.9 Å². The van der Waals surface area contributed by atoms with E-state index in [9.17, 15) is 19.5 Å². The van der Waals surface area contributed by atoms with Crippen LogP contribution in [0.3, 0.4) is 0 Å². The highest BCUT2D eigenvalue weighted by molar-refractivity contribution is 6.31. The van der Waals surface area contributed by atoms with Crippen molar-refractivity contribution in [2.45, 2.75) is 0 Å². The summed E-state index contributed by atoms with van der Waals surface area (Å²) in [7, 11) is 0. The number of aromatic carboxylic acids is 1. The second-order valence-corrected chi connectivity index (χ2v) is 6.03. The van der Waals surface area contributed by atoms with Gasteiger partial charge in [-0.15, -0.1) is 0 Å². The lowest BCUT2D eigenvalue weighted by molar-refractivity contribution is -0.117. The number of rotatable bonds is 4. The first-order valence-corrected chi connectivity index (χ1v) is 8.39. The Morgan fingerprint density at radius 3 is 2.43 bits per heavy atom. The number of hydrogen-bond acceptors (Lipinski definition) is 4. The van der Waals surface area contributed by atoms with Gasteiger partial charge in [-0.05, 0) is 36.4 Å². The van der Waals surface area contributed by atoms with Crippen LogP contribution in [0.2, 0.25) is 0 Å². The van der Waals surface area contributed by atoms with Crippen molar-refractivity contribution in [2.75, 3.05) is 5.01 Å². The molecule has 0 spiro atoms. The summed E-state index contributed by atoms with van der Waals surface area (Å²) in [6.07, 6.45) is 1.34. The van der Waals surface area contributed by atoms with Gasteiger partial charge in [-0.2, -0.15) is 0 Å². The molecule has 0 aliphatic carbocycles. The van der Waals surface area contributed by atoms with Crippen LogP contribution in [0.15, 0.2) is 76.7 Å². The van der Waals surface area contributed by atoms with Crippen LogP contribution in [0.1, 0.15) is 16.1 Å². The summed E-state index contributed by atoms with van der Waals surface area (Å²) in [6.45, 7) is 0. The van der Waals surface area contributed by atoms with Gasteiger partial charge < -0.3 is 9.52 Å². The third-order valence-electron chi connectivity index (χ3n) is 4.24. The van der Waals surface area contributed by atoms with E-state index >= 15 is 0 Å². The van der Waals surface area contributed by atoms with E-state index in [1.54, 1.807) is 54.6 Å². The molecule has 7 nitrogen and oxygen atoms in total. The monoisotopic (exact) mass is 374 g/mol. The fraction of sp³-hybridized carbons (Fsp3) is 0. The van der Waals surface area contributed by atoms with Crippen molar-refractivity contribution in [3.05, 3.63) is 83.6 Å². The zero-order valence-corrected chi connectivity index (χ0v) is 14.5. The van der Waals surface area contributed by atoms with Gasteiger partial charge in [-0.1, -0.05) is 36.4 Å².